The van der Waals surface area contributed by atoms with Crippen LogP contribution in [0.4, 0.5) is 5.69 Å². The summed E-state index contributed by atoms with van der Waals surface area (Å²) in [5.41, 5.74) is 2.67. The lowest BCUT2D eigenvalue weighted by Crippen LogP contribution is -2.27. The molecule has 0 spiro atoms. The Kier molecular flexibility index (Phi) is 3.64. The van der Waals surface area contributed by atoms with Crippen molar-refractivity contribution in [2.45, 2.75) is 6.42 Å². The first-order valence-electron chi connectivity index (χ1n) is 8.32. The molecule has 1 aliphatic carbocycles. The Bertz CT molecular complexity index is 1010. The molecule has 0 bridgehead atoms. The van der Waals surface area contributed by atoms with Gasteiger partial charge in [-0.05, 0) is 24.1 Å². The Morgan fingerprint density at radius 1 is 1.00 bits per heavy atom. The molecule has 2 aromatic carbocycles. The van der Waals surface area contributed by atoms with Crippen LogP contribution in [0.1, 0.15) is 26.3 Å². The number of ketones is 2. The van der Waals surface area contributed by atoms with Gasteiger partial charge in [0.05, 0.1) is 21.3 Å². The van der Waals surface area contributed by atoms with Crippen molar-refractivity contribution in [2.24, 2.45) is 0 Å². The number of carbonyl (C=O) groups is 2. The second-order valence-electron chi connectivity index (χ2n) is 6.42. The van der Waals surface area contributed by atoms with Crippen LogP contribution in [-0.4, -0.2) is 46.5 Å². The maximum absolute atomic E-state index is 13.0. The molecule has 26 heavy (non-hydrogen) atoms. The molecule has 0 radical (unpaired) electrons. The van der Waals surface area contributed by atoms with Crippen molar-refractivity contribution in [3.8, 4) is 11.5 Å². The quantitative estimate of drug-likeness (QED) is 0.845. The zero-order chi connectivity index (χ0) is 18.6. The molecule has 0 amide bonds. The summed E-state index contributed by atoms with van der Waals surface area (Å²) in [5, 5.41) is 1.54. The van der Waals surface area contributed by atoms with Crippen LogP contribution >= 0.6 is 0 Å². The lowest BCUT2D eigenvalue weighted by Gasteiger charge is -2.31. The lowest BCUT2D eigenvalue weighted by atomic mass is 9.84. The maximum atomic E-state index is 13.0. The molecule has 1 heterocycles. The molecule has 6 heteroatoms. The van der Waals surface area contributed by atoms with Crippen LogP contribution in [0, 0.1) is 0 Å². The first-order valence-corrected chi connectivity index (χ1v) is 8.32. The number of fused-ring (bicyclic) bond motifs is 2. The number of methoxy groups -OCH3 is 3. The zero-order valence-corrected chi connectivity index (χ0v) is 15.1. The van der Waals surface area contributed by atoms with Crippen molar-refractivity contribution in [3.63, 3.8) is 0 Å². The van der Waals surface area contributed by atoms with E-state index >= 15 is 0 Å². The summed E-state index contributed by atoms with van der Waals surface area (Å²) in [5.74, 6) is 0.471. The fourth-order valence-electron chi connectivity index (χ4n) is 3.87. The number of anilines is 1. The fraction of sp³-hybridized carbons (Fsp3) is 0.300. The molecule has 4 rings (SSSR count). The van der Waals surface area contributed by atoms with E-state index in [9.17, 15) is 9.59 Å². The molecule has 0 fully saturated rings. The molecule has 6 nitrogen and oxygen atoms in total. The van der Waals surface area contributed by atoms with E-state index < -0.39 is 0 Å². The number of hydrogen-bond donors (Lipinski definition) is 0. The molecule has 0 N–H and O–H groups in total. The zero-order valence-electron chi connectivity index (χ0n) is 15.1. The van der Waals surface area contributed by atoms with Gasteiger partial charge in [0.1, 0.15) is 0 Å². The summed E-state index contributed by atoms with van der Waals surface area (Å²) in [6.07, 6.45) is 2.06. The predicted molar refractivity (Wildman–Crippen MR) is 97.8 cm³/mol. The van der Waals surface area contributed by atoms with Crippen LogP contribution < -0.4 is 14.4 Å². The van der Waals surface area contributed by atoms with E-state index in [1.807, 2.05) is 13.1 Å². The van der Waals surface area contributed by atoms with Gasteiger partial charge in [0, 0.05) is 47.3 Å². The average molecular weight is 353 g/mol. The number of nitrogens with zero attached hydrogens (tertiary/aromatic N) is 1. The van der Waals surface area contributed by atoms with E-state index in [2.05, 4.69) is 4.90 Å². The molecule has 2 aliphatic rings. The minimum absolute atomic E-state index is 0.0355. The van der Waals surface area contributed by atoms with Crippen LogP contribution in [0.5, 0.6) is 11.5 Å². The van der Waals surface area contributed by atoms with E-state index in [-0.39, 0.29) is 17.3 Å². The summed E-state index contributed by atoms with van der Waals surface area (Å²) in [7, 11) is 6.47. The van der Waals surface area contributed by atoms with Crippen molar-refractivity contribution >= 4 is 28.0 Å². The van der Waals surface area contributed by atoms with E-state index in [4.69, 9.17) is 14.2 Å². The van der Waals surface area contributed by atoms with E-state index in [0.29, 0.717) is 28.0 Å². The minimum Gasteiger partial charge on any atom is -0.493 e. The highest BCUT2D eigenvalue weighted by molar-refractivity contribution is 6.30. The minimum atomic E-state index is -0.320. The second-order valence-corrected chi connectivity index (χ2v) is 6.42. The summed E-state index contributed by atoms with van der Waals surface area (Å²) < 4.78 is 16.3. The number of rotatable bonds is 3. The standard InChI is InChI=1S/C20H19NO5/c1-21-6-5-10-7-15(25-3)20(26-4)18-16(10)12(21)8-11-13(22)9-14(24-2)19(23)17(11)18/h7-9H,5-6H2,1-4H3. The monoisotopic (exact) mass is 353 g/mol. The third kappa shape index (κ3) is 2.05. The Morgan fingerprint density at radius 3 is 2.42 bits per heavy atom. The molecule has 0 saturated heterocycles. The lowest BCUT2D eigenvalue weighted by molar-refractivity contribution is 0.0918. The van der Waals surface area contributed by atoms with E-state index in [1.165, 1.54) is 20.3 Å². The van der Waals surface area contributed by atoms with Crippen molar-refractivity contribution < 1.29 is 23.8 Å². The number of likely N-dealkylation sites (N-methyl/N-ethyl adjacent to an activating group) is 1. The van der Waals surface area contributed by atoms with Gasteiger partial charge in [0.25, 0.3) is 0 Å². The molecular formula is C20H19NO5. The third-order valence-corrected chi connectivity index (χ3v) is 5.13. The number of ether oxygens (including phenoxy) is 3. The highest BCUT2D eigenvalue weighted by Gasteiger charge is 2.34. The van der Waals surface area contributed by atoms with Crippen molar-refractivity contribution in [1.29, 1.82) is 0 Å². The van der Waals surface area contributed by atoms with Crippen LogP contribution in [0.2, 0.25) is 0 Å². The van der Waals surface area contributed by atoms with Gasteiger partial charge >= 0.3 is 0 Å². The van der Waals surface area contributed by atoms with Crippen molar-refractivity contribution in [1.82, 2.24) is 0 Å². The molecule has 0 atom stereocenters. The molecular weight excluding hydrogens is 334 g/mol. The first-order chi connectivity index (χ1) is 12.5. The number of Topliss-reactive ketones (excluding diaryl/α,β-unsaturated/α-hetero) is 1. The van der Waals surface area contributed by atoms with Crippen LogP contribution in [0.15, 0.2) is 24.0 Å². The number of hydrogen-bond acceptors (Lipinski definition) is 6. The van der Waals surface area contributed by atoms with Gasteiger partial charge in [-0.15, -0.1) is 0 Å². The highest BCUT2D eigenvalue weighted by atomic mass is 16.5. The van der Waals surface area contributed by atoms with Gasteiger partial charge in [-0.3, -0.25) is 9.59 Å². The van der Waals surface area contributed by atoms with Crippen molar-refractivity contribution in [3.05, 3.63) is 40.7 Å². The van der Waals surface area contributed by atoms with Crippen LogP contribution in [0.25, 0.3) is 10.8 Å². The summed E-state index contributed by atoms with van der Waals surface area (Å²) in [6.45, 7) is 0.817. The van der Waals surface area contributed by atoms with Gasteiger partial charge < -0.3 is 19.1 Å². The van der Waals surface area contributed by atoms with Crippen LogP contribution in [-0.2, 0) is 11.2 Å². The summed E-state index contributed by atoms with van der Waals surface area (Å²) >= 11 is 0. The number of allylic oxidation sites excluding steroid dienone is 2. The highest BCUT2D eigenvalue weighted by Crippen LogP contribution is 2.47. The van der Waals surface area contributed by atoms with Gasteiger partial charge in [-0.1, -0.05) is 0 Å². The Labute approximate surface area is 150 Å². The van der Waals surface area contributed by atoms with Gasteiger partial charge in [0.15, 0.2) is 23.0 Å². The fourth-order valence-corrected chi connectivity index (χ4v) is 3.87. The van der Waals surface area contributed by atoms with Gasteiger partial charge in [-0.2, -0.15) is 0 Å². The topological polar surface area (TPSA) is 65.1 Å². The SMILES string of the molecule is COC1=CC(=O)c2cc3c4c(cc(OC)c(OC)c4c2C1=O)CCN3C. The molecule has 0 aromatic heterocycles. The third-order valence-electron chi connectivity index (χ3n) is 5.13. The first kappa shape index (κ1) is 16.4. The Morgan fingerprint density at radius 2 is 1.77 bits per heavy atom. The maximum Gasteiger partial charge on any atom is 0.229 e. The smallest absolute Gasteiger partial charge is 0.229 e. The molecule has 0 unspecified atom stereocenters. The van der Waals surface area contributed by atoms with Gasteiger partial charge in [0.2, 0.25) is 5.78 Å². The normalized spacial score (nSPS) is 15.7. The molecule has 134 valence electrons. The van der Waals surface area contributed by atoms with Gasteiger partial charge in [-0.25, -0.2) is 0 Å². The molecule has 0 saturated carbocycles. The van der Waals surface area contributed by atoms with Crippen molar-refractivity contribution in [2.75, 3.05) is 39.8 Å². The van der Waals surface area contributed by atoms with E-state index in [0.717, 1.165) is 29.6 Å². The summed E-state index contributed by atoms with van der Waals surface area (Å²) in [4.78, 5) is 27.8. The Hall–Kier alpha value is -3.02. The second kappa shape index (κ2) is 5.76. The number of benzene rings is 2. The predicted octanol–water partition coefficient (Wildman–Crippen LogP) is 2.76. The van der Waals surface area contributed by atoms with E-state index in [1.54, 1.807) is 13.2 Å². The van der Waals surface area contributed by atoms with Crippen LogP contribution in [0.3, 0.4) is 0 Å². The molecule has 2 aromatic rings. The Balaban J connectivity index is 2.23. The largest absolute Gasteiger partial charge is 0.493 e. The molecule has 1 aliphatic heterocycles. The number of carbonyl (C=O) groups excluding carboxylic acids is 2. The summed E-state index contributed by atoms with van der Waals surface area (Å²) in [6, 6.07) is 3.75. The average Bonchev–Trinajstić information content (AvgIpc) is 2.66.